The van der Waals surface area contributed by atoms with Crippen LogP contribution in [0.1, 0.15) is 31.4 Å². The Morgan fingerprint density at radius 3 is 3.04 bits per heavy atom. The molecule has 1 N–H and O–H groups in total. The molecule has 132 valence electrons. The summed E-state index contributed by atoms with van der Waals surface area (Å²) in [5.74, 6) is 0.828. The summed E-state index contributed by atoms with van der Waals surface area (Å²) in [5, 5.41) is 0.833. The standard InChI is InChI=1S/C18H18N6OS/c25-13(4-8-26-17-14-16(21-10-20-14)22-11-23-17)24-9-18(5-2-6-18)15-12(24)3-1-7-19-15/h1,3,7,10-11H,2,4-6,8-9H2,(H,20,21,22,23). The molecule has 0 radical (unpaired) electrons. The molecular weight excluding hydrogens is 348 g/mol. The maximum Gasteiger partial charge on any atom is 0.227 e. The molecule has 0 bridgehead atoms. The van der Waals surface area contributed by atoms with E-state index in [1.54, 1.807) is 18.1 Å². The first-order chi connectivity index (χ1) is 12.8. The topological polar surface area (TPSA) is 87.7 Å². The molecule has 3 aromatic heterocycles. The van der Waals surface area contributed by atoms with E-state index < -0.39 is 0 Å². The molecule has 2 aliphatic rings. The van der Waals surface area contributed by atoms with E-state index in [2.05, 4.69) is 24.9 Å². The van der Waals surface area contributed by atoms with Gasteiger partial charge >= 0.3 is 0 Å². The van der Waals surface area contributed by atoms with E-state index in [-0.39, 0.29) is 11.3 Å². The second-order valence-corrected chi connectivity index (χ2v) is 7.95. The van der Waals surface area contributed by atoms with Crippen molar-refractivity contribution < 1.29 is 4.79 Å². The first-order valence-corrected chi connectivity index (χ1v) is 9.78. The summed E-state index contributed by atoms with van der Waals surface area (Å²) < 4.78 is 0. The molecule has 1 saturated carbocycles. The fourth-order valence-electron chi connectivity index (χ4n) is 3.93. The van der Waals surface area contributed by atoms with Crippen LogP contribution in [-0.4, -0.2) is 43.1 Å². The Kier molecular flexibility index (Phi) is 3.66. The monoisotopic (exact) mass is 366 g/mol. The molecule has 0 saturated heterocycles. The van der Waals surface area contributed by atoms with Gasteiger partial charge in [-0.15, -0.1) is 11.8 Å². The van der Waals surface area contributed by atoms with Gasteiger partial charge in [0.2, 0.25) is 5.91 Å². The van der Waals surface area contributed by atoms with E-state index in [4.69, 9.17) is 0 Å². The second kappa shape index (κ2) is 6.05. The summed E-state index contributed by atoms with van der Waals surface area (Å²) >= 11 is 1.56. The molecule has 0 unspecified atom stereocenters. The van der Waals surface area contributed by atoms with Crippen molar-refractivity contribution >= 4 is 34.5 Å². The number of thioether (sulfide) groups is 1. The van der Waals surface area contributed by atoms with Crippen LogP contribution in [0.2, 0.25) is 0 Å². The van der Waals surface area contributed by atoms with Gasteiger partial charge in [-0.25, -0.2) is 15.0 Å². The van der Waals surface area contributed by atoms with E-state index in [1.807, 2.05) is 23.2 Å². The predicted octanol–water partition coefficient (Wildman–Crippen LogP) is 2.70. The third-order valence-electron chi connectivity index (χ3n) is 5.39. The van der Waals surface area contributed by atoms with Crippen molar-refractivity contribution in [3.05, 3.63) is 36.7 Å². The zero-order valence-corrected chi connectivity index (χ0v) is 15.0. The van der Waals surface area contributed by atoms with Crippen LogP contribution in [0.5, 0.6) is 0 Å². The van der Waals surface area contributed by atoms with Gasteiger partial charge in [0.05, 0.1) is 17.7 Å². The average Bonchev–Trinajstić information content (AvgIpc) is 3.24. The molecule has 1 spiro atoms. The molecule has 1 fully saturated rings. The Morgan fingerprint density at radius 1 is 1.27 bits per heavy atom. The summed E-state index contributed by atoms with van der Waals surface area (Å²) in [6.45, 7) is 0.779. The zero-order chi connectivity index (χ0) is 17.6. The minimum atomic E-state index is 0.105. The van der Waals surface area contributed by atoms with Gasteiger partial charge in [-0.05, 0) is 25.0 Å². The number of pyridine rings is 1. The number of aromatic nitrogens is 5. The summed E-state index contributed by atoms with van der Waals surface area (Å²) in [6, 6.07) is 3.94. The first-order valence-electron chi connectivity index (χ1n) is 8.80. The molecule has 8 heteroatoms. The maximum absolute atomic E-state index is 12.9. The second-order valence-electron chi connectivity index (χ2n) is 6.86. The molecule has 1 amide bonds. The van der Waals surface area contributed by atoms with Gasteiger partial charge in [0.25, 0.3) is 0 Å². The number of aromatic amines is 1. The molecule has 0 atom stereocenters. The Bertz CT molecular complexity index is 982. The number of hydrogen-bond acceptors (Lipinski definition) is 6. The van der Waals surface area contributed by atoms with Crippen LogP contribution < -0.4 is 4.90 Å². The normalized spacial score (nSPS) is 17.5. The molecule has 1 aliphatic heterocycles. The maximum atomic E-state index is 12.9. The highest BCUT2D eigenvalue weighted by Gasteiger charge is 2.49. The smallest absolute Gasteiger partial charge is 0.227 e. The SMILES string of the molecule is O=C(CCSc1ncnc2nc[nH]c12)N1CC2(CCC2)c2ncccc21. The third kappa shape index (κ3) is 2.39. The van der Waals surface area contributed by atoms with Gasteiger partial charge in [-0.3, -0.25) is 9.78 Å². The molecule has 4 heterocycles. The number of fused-ring (bicyclic) bond motifs is 3. The Morgan fingerprint density at radius 2 is 2.19 bits per heavy atom. The number of rotatable bonds is 4. The number of carbonyl (C=O) groups is 1. The Hall–Kier alpha value is -2.48. The van der Waals surface area contributed by atoms with Crippen molar-refractivity contribution in [2.75, 3.05) is 17.2 Å². The molecular formula is C18H18N6OS. The number of amides is 1. The van der Waals surface area contributed by atoms with Gasteiger partial charge in [0.15, 0.2) is 5.65 Å². The van der Waals surface area contributed by atoms with Crippen LogP contribution >= 0.6 is 11.8 Å². The molecule has 26 heavy (non-hydrogen) atoms. The number of H-pyrrole nitrogens is 1. The van der Waals surface area contributed by atoms with Crippen LogP contribution in [0.3, 0.4) is 0 Å². The number of nitrogens with one attached hydrogen (secondary N) is 1. The van der Waals surface area contributed by atoms with Crippen LogP contribution in [0, 0.1) is 0 Å². The van der Waals surface area contributed by atoms with E-state index in [1.165, 1.54) is 12.7 Å². The van der Waals surface area contributed by atoms with E-state index >= 15 is 0 Å². The van der Waals surface area contributed by atoms with Gasteiger partial charge in [0.1, 0.15) is 16.9 Å². The van der Waals surface area contributed by atoms with E-state index in [0.29, 0.717) is 17.8 Å². The van der Waals surface area contributed by atoms with Crippen LogP contribution in [0.25, 0.3) is 11.2 Å². The van der Waals surface area contributed by atoms with Gasteiger partial charge in [0, 0.05) is 30.3 Å². The fourth-order valence-corrected chi connectivity index (χ4v) is 4.82. The lowest BCUT2D eigenvalue weighted by Gasteiger charge is -2.37. The number of nitrogens with zero attached hydrogens (tertiary/aromatic N) is 5. The first kappa shape index (κ1) is 15.7. The van der Waals surface area contributed by atoms with Crippen LogP contribution in [0.4, 0.5) is 5.69 Å². The Balaban J connectivity index is 1.29. The zero-order valence-electron chi connectivity index (χ0n) is 14.2. The minimum Gasteiger partial charge on any atom is -0.341 e. The van der Waals surface area contributed by atoms with Crippen molar-refractivity contribution in [2.24, 2.45) is 0 Å². The highest BCUT2D eigenvalue weighted by Crippen LogP contribution is 2.51. The minimum absolute atomic E-state index is 0.105. The van der Waals surface area contributed by atoms with Crippen LogP contribution in [-0.2, 0) is 10.2 Å². The quantitative estimate of drug-likeness (QED) is 0.564. The number of imidazole rings is 1. The van der Waals surface area contributed by atoms with Crippen LogP contribution in [0.15, 0.2) is 36.0 Å². The highest BCUT2D eigenvalue weighted by atomic mass is 32.2. The van der Waals surface area contributed by atoms with E-state index in [9.17, 15) is 4.79 Å². The lowest BCUT2D eigenvalue weighted by molar-refractivity contribution is -0.118. The fraction of sp³-hybridized carbons (Fsp3) is 0.389. The van der Waals surface area contributed by atoms with Crippen molar-refractivity contribution in [2.45, 2.75) is 36.1 Å². The number of hydrogen-bond donors (Lipinski definition) is 1. The summed E-state index contributed by atoms with van der Waals surface area (Å²) in [6.07, 6.45) is 8.92. The molecule has 7 nitrogen and oxygen atoms in total. The molecule has 5 rings (SSSR count). The van der Waals surface area contributed by atoms with Crippen molar-refractivity contribution in [3.63, 3.8) is 0 Å². The lowest BCUT2D eigenvalue weighted by Crippen LogP contribution is -2.41. The van der Waals surface area contributed by atoms with Crippen molar-refractivity contribution in [3.8, 4) is 0 Å². The van der Waals surface area contributed by atoms with Gasteiger partial charge in [-0.1, -0.05) is 6.42 Å². The average molecular weight is 366 g/mol. The molecule has 1 aliphatic carbocycles. The molecule has 0 aromatic carbocycles. The number of carbonyl (C=O) groups excluding carboxylic acids is 1. The summed E-state index contributed by atoms with van der Waals surface area (Å²) in [5.41, 5.74) is 3.70. The summed E-state index contributed by atoms with van der Waals surface area (Å²) in [4.78, 5) is 35.0. The van der Waals surface area contributed by atoms with E-state index in [0.717, 1.165) is 41.3 Å². The summed E-state index contributed by atoms with van der Waals surface area (Å²) in [7, 11) is 0. The predicted molar refractivity (Wildman–Crippen MR) is 99.1 cm³/mol. The van der Waals surface area contributed by atoms with Gasteiger partial charge < -0.3 is 9.88 Å². The third-order valence-corrected chi connectivity index (χ3v) is 6.39. The highest BCUT2D eigenvalue weighted by molar-refractivity contribution is 7.99. The van der Waals surface area contributed by atoms with Gasteiger partial charge in [-0.2, -0.15) is 0 Å². The number of anilines is 1. The largest absolute Gasteiger partial charge is 0.341 e. The molecule has 3 aromatic rings. The van der Waals surface area contributed by atoms with Crippen molar-refractivity contribution in [1.82, 2.24) is 24.9 Å². The van der Waals surface area contributed by atoms with Crippen molar-refractivity contribution in [1.29, 1.82) is 0 Å². The lowest BCUT2D eigenvalue weighted by atomic mass is 9.67. The Labute approximate surface area is 154 Å².